The second-order valence-corrected chi connectivity index (χ2v) is 8.53. The molecule has 3 aromatic rings. The van der Waals surface area contributed by atoms with Crippen LogP contribution in [0.5, 0.6) is 5.75 Å². The molecule has 3 atom stereocenters. The largest absolute Gasteiger partial charge is 0.494 e. The molecular weight excluding hydrogens is 424 g/mol. The molecule has 1 aliphatic heterocycles. The first-order chi connectivity index (χ1) is 15.5. The third-order valence-electron chi connectivity index (χ3n) is 5.26. The van der Waals surface area contributed by atoms with E-state index in [-0.39, 0.29) is 17.3 Å². The first-order valence-corrected chi connectivity index (χ1v) is 11.5. The molecule has 5 N–H and O–H groups in total. The number of hydrogen-bond acceptors (Lipinski definition) is 6. The quantitative estimate of drug-likeness (QED) is 0.441. The van der Waals surface area contributed by atoms with Crippen LogP contribution in [-0.4, -0.2) is 36.1 Å². The highest BCUT2D eigenvalue weighted by molar-refractivity contribution is 7.99. The summed E-state index contributed by atoms with van der Waals surface area (Å²) in [6, 6.07) is 20.3. The molecular formula is C24H26N4O3S. The van der Waals surface area contributed by atoms with Crippen LogP contribution in [0, 0.1) is 0 Å². The Morgan fingerprint density at radius 2 is 1.84 bits per heavy atom. The van der Waals surface area contributed by atoms with E-state index >= 15 is 0 Å². The van der Waals surface area contributed by atoms with Gasteiger partial charge in [-0.1, -0.05) is 42.5 Å². The summed E-state index contributed by atoms with van der Waals surface area (Å²) in [6.07, 6.45) is -0.708. The van der Waals surface area contributed by atoms with Gasteiger partial charge in [-0.05, 0) is 47.5 Å². The lowest BCUT2D eigenvalue weighted by Crippen LogP contribution is -2.70. The molecule has 0 saturated carbocycles. The molecule has 3 aromatic carbocycles. The van der Waals surface area contributed by atoms with Gasteiger partial charge in [-0.15, -0.1) is 11.8 Å². The Morgan fingerprint density at radius 3 is 2.59 bits per heavy atom. The lowest BCUT2D eigenvalue weighted by Gasteiger charge is -2.35. The Balaban J connectivity index is 1.34. The Labute approximate surface area is 191 Å². The zero-order valence-corrected chi connectivity index (χ0v) is 18.5. The van der Waals surface area contributed by atoms with Crippen molar-refractivity contribution in [3.8, 4) is 5.75 Å². The Hall–Kier alpha value is -3.07. The molecule has 0 aromatic heterocycles. The maximum Gasteiger partial charge on any atom is 0.252 e. The second kappa shape index (κ2) is 10.0. The highest BCUT2D eigenvalue weighted by Gasteiger charge is 2.35. The van der Waals surface area contributed by atoms with Crippen molar-refractivity contribution in [2.45, 2.75) is 30.4 Å². The Bertz CT molecular complexity index is 1100. The van der Waals surface area contributed by atoms with Crippen molar-refractivity contribution in [2.75, 3.05) is 6.61 Å². The molecule has 1 heterocycles. The van der Waals surface area contributed by atoms with Crippen LogP contribution in [0.3, 0.4) is 0 Å². The summed E-state index contributed by atoms with van der Waals surface area (Å²) in [5.74, 6) is 0.706. The molecule has 166 valence electrons. The number of ether oxygens (including phenoxy) is 1. The van der Waals surface area contributed by atoms with E-state index in [1.807, 2.05) is 25.1 Å². The minimum absolute atomic E-state index is 0.314. The van der Waals surface area contributed by atoms with Crippen LogP contribution in [0.4, 0.5) is 0 Å². The van der Waals surface area contributed by atoms with E-state index in [9.17, 15) is 9.59 Å². The molecule has 4 rings (SSSR count). The first kappa shape index (κ1) is 22.1. The van der Waals surface area contributed by atoms with Crippen molar-refractivity contribution < 1.29 is 14.3 Å². The van der Waals surface area contributed by atoms with Gasteiger partial charge in [0.1, 0.15) is 17.3 Å². The molecule has 0 aliphatic carbocycles. The predicted octanol–water partition coefficient (Wildman–Crippen LogP) is 2.56. The predicted molar refractivity (Wildman–Crippen MR) is 127 cm³/mol. The number of hydrogen-bond donors (Lipinski definition) is 4. The van der Waals surface area contributed by atoms with E-state index in [4.69, 9.17) is 10.5 Å². The minimum Gasteiger partial charge on any atom is -0.494 e. The molecule has 1 fully saturated rings. The SMILES string of the molecule is CCOc1ccc(C(=O)NC2C(=O)NC(SCc3cccc4ccccc34)NC2N)cc1. The van der Waals surface area contributed by atoms with Crippen LogP contribution in [-0.2, 0) is 10.5 Å². The summed E-state index contributed by atoms with van der Waals surface area (Å²) in [5, 5.41) is 11.2. The highest BCUT2D eigenvalue weighted by atomic mass is 32.2. The molecule has 32 heavy (non-hydrogen) atoms. The van der Waals surface area contributed by atoms with Crippen LogP contribution in [0.2, 0.25) is 0 Å². The van der Waals surface area contributed by atoms with Crippen molar-refractivity contribution in [3.05, 3.63) is 77.9 Å². The lowest BCUT2D eigenvalue weighted by molar-refractivity contribution is -0.125. The Morgan fingerprint density at radius 1 is 1.09 bits per heavy atom. The molecule has 1 aliphatic rings. The van der Waals surface area contributed by atoms with Gasteiger partial charge in [-0.3, -0.25) is 14.9 Å². The minimum atomic E-state index is -0.872. The van der Waals surface area contributed by atoms with Gasteiger partial charge in [-0.2, -0.15) is 0 Å². The number of carbonyl (C=O) groups excluding carboxylic acids is 2. The monoisotopic (exact) mass is 450 g/mol. The number of rotatable bonds is 7. The topological polar surface area (TPSA) is 105 Å². The van der Waals surface area contributed by atoms with Gasteiger partial charge in [0.15, 0.2) is 0 Å². The summed E-state index contributed by atoms with van der Waals surface area (Å²) < 4.78 is 5.39. The second-order valence-electron chi connectivity index (χ2n) is 7.44. The summed E-state index contributed by atoms with van der Waals surface area (Å²) in [7, 11) is 0. The van der Waals surface area contributed by atoms with Crippen LogP contribution >= 0.6 is 11.8 Å². The summed E-state index contributed by atoms with van der Waals surface area (Å²) in [6.45, 7) is 2.44. The number of amides is 2. The van der Waals surface area contributed by atoms with Gasteiger partial charge in [-0.25, -0.2) is 0 Å². The Kier molecular flexibility index (Phi) is 6.94. The highest BCUT2D eigenvalue weighted by Crippen LogP contribution is 2.24. The maximum absolute atomic E-state index is 12.7. The van der Waals surface area contributed by atoms with Gasteiger partial charge < -0.3 is 21.1 Å². The van der Waals surface area contributed by atoms with Crippen LogP contribution in [0.1, 0.15) is 22.8 Å². The third kappa shape index (κ3) is 5.04. The molecule has 2 amide bonds. The molecule has 0 radical (unpaired) electrons. The third-order valence-corrected chi connectivity index (χ3v) is 6.32. The van der Waals surface area contributed by atoms with Crippen LogP contribution < -0.4 is 26.4 Å². The number of benzene rings is 3. The van der Waals surface area contributed by atoms with Crippen molar-refractivity contribution in [2.24, 2.45) is 5.73 Å². The van der Waals surface area contributed by atoms with Gasteiger partial charge in [0.05, 0.1) is 12.8 Å². The normalized spacial score (nSPS) is 20.6. The fraction of sp³-hybridized carbons (Fsp3) is 0.250. The fourth-order valence-corrected chi connectivity index (χ4v) is 4.68. The van der Waals surface area contributed by atoms with E-state index in [1.54, 1.807) is 36.0 Å². The summed E-state index contributed by atoms with van der Waals surface area (Å²) >= 11 is 1.55. The standard InChI is InChI=1S/C24H26N4O3S/c1-2-31-18-12-10-16(11-13-18)22(29)26-20-21(25)27-24(28-23(20)30)32-14-17-8-5-7-15-6-3-4-9-19(15)17/h3-13,20-21,24,27H,2,14,25H2,1H3,(H,26,29)(H,28,30). The van der Waals surface area contributed by atoms with Gasteiger partial charge >= 0.3 is 0 Å². The van der Waals surface area contributed by atoms with Gasteiger partial charge in [0.25, 0.3) is 5.91 Å². The van der Waals surface area contributed by atoms with Crippen molar-refractivity contribution in [1.82, 2.24) is 16.0 Å². The molecule has 3 unspecified atom stereocenters. The average Bonchev–Trinajstić information content (AvgIpc) is 2.80. The number of thioether (sulfide) groups is 1. The lowest BCUT2D eigenvalue weighted by atomic mass is 10.1. The van der Waals surface area contributed by atoms with Crippen LogP contribution in [0.25, 0.3) is 10.8 Å². The van der Waals surface area contributed by atoms with Crippen molar-refractivity contribution in [3.63, 3.8) is 0 Å². The number of carbonyl (C=O) groups is 2. The maximum atomic E-state index is 12.7. The smallest absolute Gasteiger partial charge is 0.252 e. The zero-order chi connectivity index (χ0) is 22.5. The summed E-state index contributed by atoms with van der Waals surface area (Å²) in [4.78, 5) is 25.2. The average molecular weight is 451 g/mol. The van der Waals surface area contributed by atoms with E-state index in [0.717, 1.165) is 0 Å². The van der Waals surface area contributed by atoms with Crippen LogP contribution in [0.15, 0.2) is 66.7 Å². The number of nitrogens with two attached hydrogens (primary N) is 1. The van der Waals surface area contributed by atoms with Gasteiger partial charge in [0.2, 0.25) is 5.91 Å². The van der Waals surface area contributed by atoms with E-state index < -0.39 is 12.2 Å². The van der Waals surface area contributed by atoms with E-state index in [0.29, 0.717) is 23.7 Å². The molecule has 0 bridgehead atoms. The van der Waals surface area contributed by atoms with E-state index in [2.05, 4.69) is 40.2 Å². The fourth-order valence-electron chi connectivity index (χ4n) is 3.63. The summed E-state index contributed by atoms with van der Waals surface area (Å²) in [5.41, 5.74) is 7.45. The molecule has 7 nitrogen and oxygen atoms in total. The zero-order valence-electron chi connectivity index (χ0n) is 17.7. The molecule has 0 spiro atoms. The molecule has 8 heteroatoms. The van der Waals surface area contributed by atoms with Gasteiger partial charge in [0, 0.05) is 11.3 Å². The van der Waals surface area contributed by atoms with Crippen molar-refractivity contribution in [1.29, 1.82) is 0 Å². The van der Waals surface area contributed by atoms with Crippen molar-refractivity contribution >= 4 is 34.3 Å². The van der Waals surface area contributed by atoms with E-state index in [1.165, 1.54) is 16.3 Å². The first-order valence-electron chi connectivity index (χ1n) is 10.5. The number of nitrogens with one attached hydrogen (secondary N) is 3. The molecule has 1 saturated heterocycles. The number of fused-ring (bicyclic) bond motifs is 1.